The molecule has 0 saturated carbocycles. The SMILES string of the molecule is Cc1sc(-c2ccccc2)nc1-c1ccc(NC(=O)CNC(=O)c2ccccc2)cc1. The smallest absolute Gasteiger partial charge is 0.251 e. The van der Waals surface area contributed by atoms with Crippen molar-refractivity contribution in [1.29, 1.82) is 0 Å². The van der Waals surface area contributed by atoms with Gasteiger partial charge in [0, 0.05) is 27.3 Å². The molecule has 4 aromatic rings. The fourth-order valence-corrected chi connectivity index (χ4v) is 4.08. The Morgan fingerprint density at radius 2 is 1.48 bits per heavy atom. The fourth-order valence-electron chi connectivity index (χ4n) is 3.14. The Labute approximate surface area is 184 Å². The van der Waals surface area contributed by atoms with Crippen LogP contribution in [0.15, 0.2) is 84.9 Å². The molecule has 0 aliphatic heterocycles. The fraction of sp³-hybridized carbons (Fsp3) is 0.0800. The second kappa shape index (κ2) is 9.36. The molecule has 3 aromatic carbocycles. The van der Waals surface area contributed by atoms with E-state index in [1.165, 1.54) is 0 Å². The third-order valence-corrected chi connectivity index (χ3v) is 5.72. The van der Waals surface area contributed by atoms with Gasteiger partial charge in [0.25, 0.3) is 5.91 Å². The summed E-state index contributed by atoms with van der Waals surface area (Å²) in [6.07, 6.45) is 0. The minimum Gasteiger partial charge on any atom is -0.343 e. The molecule has 0 aliphatic carbocycles. The second-order valence-electron chi connectivity index (χ2n) is 6.96. The van der Waals surface area contributed by atoms with Gasteiger partial charge in [-0.15, -0.1) is 11.3 Å². The summed E-state index contributed by atoms with van der Waals surface area (Å²) >= 11 is 1.66. The number of aromatic nitrogens is 1. The van der Waals surface area contributed by atoms with Gasteiger partial charge in [0.2, 0.25) is 5.91 Å². The van der Waals surface area contributed by atoms with E-state index in [0.717, 1.165) is 26.7 Å². The lowest BCUT2D eigenvalue weighted by atomic mass is 10.1. The predicted octanol–water partition coefficient (Wildman–Crippen LogP) is 5.15. The van der Waals surface area contributed by atoms with Crippen LogP contribution in [0, 0.1) is 6.92 Å². The van der Waals surface area contributed by atoms with Gasteiger partial charge >= 0.3 is 0 Å². The number of hydrogen-bond donors (Lipinski definition) is 2. The van der Waals surface area contributed by atoms with Crippen molar-refractivity contribution in [3.05, 3.63) is 95.4 Å². The summed E-state index contributed by atoms with van der Waals surface area (Å²) in [5.41, 5.74) is 4.22. The molecule has 154 valence electrons. The van der Waals surface area contributed by atoms with Crippen LogP contribution < -0.4 is 10.6 Å². The summed E-state index contributed by atoms with van der Waals surface area (Å²) < 4.78 is 0. The lowest BCUT2D eigenvalue weighted by Crippen LogP contribution is -2.32. The van der Waals surface area contributed by atoms with Crippen LogP contribution >= 0.6 is 11.3 Å². The summed E-state index contributed by atoms with van der Waals surface area (Å²) in [7, 11) is 0. The highest BCUT2D eigenvalue weighted by Gasteiger charge is 2.12. The number of aryl methyl sites for hydroxylation is 1. The molecule has 0 fully saturated rings. The number of amides is 2. The van der Waals surface area contributed by atoms with E-state index in [0.29, 0.717) is 11.3 Å². The van der Waals surface area contributed by atoms with E-state index in [1.807, 2.05) is 48.5 Å². The summed E-state index contributed by atoms with van der Waals surface area (Å²) in [5, 5.41) is 6.41. The third kappa shape index (κ3) is 5.05. The number of hydrogen-bond acceptors (Lipinski definition) is 4. The van der Waals surface area contributed by atoms with Gasteiger partial charge in [0.15, 0.2) is 0 Å². The van der Waals surface area contributed by atoms with E-state index < -0.39 is 0 Å². The van der Waals surface area contributed by atoms with Crippen molar-refractivity contribution in [3.8, 4) is 21.8 Å². The maximum atomic E-state index is 12.2. The molecule has 1 aromatic heterocycles. The van der Waals surface area contributed by atoms with Crippen LogP contribution in [0.25, 0.3) is 21.8 Å². The Balaban J connectivity index is 1.38. The van der Waals surface area contributed by atoms with Crippen LogP contribution in [-0.2, 0) is 4.79 Å². The minimum atomic E-state index is -0.284. The number of carbonyl (C=O) groups is 2. The average Bonchev–Trinajstić information content (AvgIpc) is 3.21. The van der Waals surface area contributed by atoms with Gasteiger partial charge in [0.05, 0.1) is 12.2 Å². The topological polar surface area (TPSA) is 71.1 Å². The molecule has 2 N–H and O–H groups in total. The normalized spacial score (nSPS) is 10.5. The van der Waals surface area contributed by atoms with Crippen LogP contribution in [0.5, 0.6) is 0 Å². The number of benzene rings is 3. The van der Waals surface area contributed by atoms with E-state index in [2.05, 4.69) is 29.7 Å². The first-order chi connectivity index (χ1) is 15.1. The zero-order valence-corrected chi connectivity index (χ0v) is 17.8. The van der Waals surface area contributed by atoms with Crippen LogP contribution in [0.1, 0.15) is 15.2 Å². The monoisotopic (exact) mass is 427 g/mol. The Bertz CT molecular complexity index is 1190. The second-order valence-corrected chi connectivity index (χ2v) is 8.17. The number of nitrogens with one attached hydrogen (secondary N) is 2. The average molecular weight is 428 g/mol. The van der Waals surface area contributed by atoms with Crippen LogP contribution in [0.4, 0.5) is 5.69 Å². The van der Waals surface area contributed by atoms with Crippen molar-refractivity contribution in [1.82, 2.24) is 10.3 Å². The van der Waals surface area contributed by atoms with E-state index in [-0.39, 0.29) is 18.4 Å². The van der Waals surface area contributed by atoms with Crippen molar-refractivity contribution in [2.45, 2.75) is 6.92 Å². The molecule has 1 heterocycles. The van der Waals surface area contributed by atoms with Gasteiger partial charge in [-0.05, 0) is 31.2 Å². The molecular weight excluding hydrogens is 406 g/mol. The largest absolute Gasteiger partial charge is 0.343 e. The van der Waals surface area contributed by atoms with E-state index in [1.54, 1.807) is 35.6 Å². The highest BCUT2D eigenvalue weighted by Crippen LogP contribution is 2.33. The molecule has 2 amide bonds. The highest BCUT2D eigenvalue weighted by atomic mass is 32.1. The first kappa shape index (κ1) is 20.5. The molecule has 31 heavy (non-hydrogen) atoms. The van der Waals surface area contributed by atoms with E-state index in [4.69, 9.17) is 4.98 Å². The van der Waals surface area contributed by atoms with Crippen molar-refractivity contribution >= 4 is 28.8 Å². The van der Waals surface area contributed by atoms with E-state index >= 15 is 0 Å². The molecule has 6 heteroatoms. The molecular formula is C25H21N3O2S. The maximum absolute atomic E-state index is 12.2. The van der Waals surface area contributed by atoms with Crippen molar-refractivity contribution < 1.29 is 9.59 Å². The maximum Gasteiger partial charge on any atom is 0.251 e. The van der Waals surface area contributed by atoms with Crippen LogP contribution in [-0.4, -0.2) is 23.3 Å². The van der Waals surface area contributed by atoms with Gasteiger partial charge in [-0.2, -0.15) is 0 Å². The predicted molar refractivity (Wildman–Crippen MR) is 125 cm³/mol. The molecule has 0 radical (unpaired) electrons. The number of rotatable bonds is 6. The summed E-state index contributed by atoms with van der Waals surface area (Å²) in [5.74, 6) is -0.562. The molecule has 0 saturated heterocycles. The van der Waals surface area contributed by atoms with Gasteiger partial charge < -0.3 is 10.6 Å². The molecule has 0 spiro atoms. The first-order valence-electron chi connectivity index (χ1n) is 9.86. The minimum absolute atomic E-state index is 0.0961. The van der Waals surface area contributed by atoms with Gasteiger partial charge in [-0.25, -0.2) is 4.98 Å². The molecule has 5 nitrogen and oxygen atoms in total. The quantitative estimate of drug-likeness (QED) is 0.447. The number of carbonyl (C=O) groups excluding carboxylic acids is 2. The number of anilines is 1. The summed E-state index contributed by atoms with van der Waals surface area (Å²) in [6.45, 7) is 1.96. The Morgan fingerprint density at radius 3 is 2.16 bits per heavy atom. The van der Waals surface area contributed by atoms with Gasteiger partial charge in [-0.1, -0.05) is 60.7 Å². The number of nitrogens with zero attached hydrogens (tertiary/aromatic N) is 1. The zero-order chi connectivity index (χ0) is 21.6. The highest BCUT2D eigenvalue weighted by molar-refractivity contribution is 7.15. The zero-order valence-electron chi connectivity index (χ0n) is 17.0. The Hall–Kier alpha value is -3.77. The van der Waals surface area contributed by atoms with Crippen LogP contribution in [0.3, 0.4) is 0 Å². The van der Waals surface area contributed by atoms with Gasteiger partial charge in [-0.3, -0.25) is 9.59 Å². The van der Waals surface area contributed by atoms with Crippen LogP contribution in [0.2, 0.25) is 0 Å². The molecule has 0 bridgehead atoms. The van der Waals surface area contributed by atoms with Gasteiger partial charge in [0.1, 0.15) is 5.01 Å². The molecule has 0 unspecified atom stereocenters. The number of thiazole rings is 1. The van der Waals surface area contributed by atoms with Crippen molar-refractivity contribution in [2.24, 2.45) is 0 Å². The molecule has 4 rings (SSSR count). The summed E-state index contributed by atoms with van der Waals surface area (Å²) in [6, 6.07) is 26.5. The van der Waals surface area contributed by atoms with Crippen molar-refractivity contribution in [3.63, 3.8) is 0 Å². The van der Waals surface area contributed by atoms with Crippen molar-refractivity contribution in [2.75, 3.05) is 11.9 Å². The standard InChI is InChI=1S/C25H21N3O2S/c1-17-23(28-25(31-17)20-10-6-3-7-11-20)18-12-14-21(15-13-18)27-22(29)16-26-24(30)19-8-4-2-5-9-19/h2-15H,16H2,1H3,(H,26,30)(H,27,29). The Kier molecular flexibility index (Phi) is 6.19. The molecule has 0 aliphatic rings. The summed E-state index contributed by atoms with van der Waals surface area (Å²) in [4.78, 5) is 30.2. The lowest BCUT2D eigenvalue weighted by Gasteiger charge is -2.08. The first-order valence-corrected chi connectivity index (χ1v) is 10.7. The third-order valence-electron chi connectivity index (χ3n) is 4.70. The lowest BCUT2D eigenvalue weighted by molar-refractivity contribution is -0.115. The van der Waals surface area contributed by atoms with E-state index in [9.17, 15) is 9.59 Å². The Morgan fingerprint density at radius 1 is 0.839 bits per heavy atom. The molecule has 0 atom stereocenters.